The van der Waals surface area contributed by atoms with E-state index in [9.17, 15) is 9.59 Å². The number of ether oxygens (including phenoxy) is 2. The van der Waals surface area contributed by atoms with Gasteiger partial charge in [-0.15, -0.1) is 11.3 Å². The number of ketones is 1. The van der Waals surface area contributed by atoms with Gasteiger partial charge in [-0.05, 0) is 49.4 Å². The van der Waals surface area contributed by atoms with Crippen LogP contribution in [-0.4, -0.2) is 35.3 Å². The minimum Gasteiger partial charge on any atom is -0.486 e. The quantitative estimate of drug-likeness (QED) is 0.829. The molecule has 2 aromatic rings. The molecule has 6 heteroatoms. The second-order valence-corrected chi connectivity index (χ2v) is 8.34. The van der Waals surface area contributed by atoms with E-state index in [4.69, 9.17) is 9.47 Å². The summed E-state index contributed by atoms with van der Waals surface area (Å²) in [5.74, 6) is 1.10. The van der Waals surface area contributed by atoms with Crippen LogP contribution in [0.25, 0.3) is 0 Å². The van der Waals surface area contributed by atoms with E-state index in [1.165, 1.54) is 10.4 Å². The Morgan fingerprint density at radius 1 is 1.35 bits per heavy atom. The van der Waals surface area contributed by atoms with Gasteiger partial charge >= 0.3 is 0 Å². The van der Waals surface area contributed by atoms with Crippen molar-refractivity contribution in [1.82, 2.24) is 4.90 Å². The Morgan fingerprint density at radius 3 is 3.04 bits per heavy atom. The molecule has 2 aliphatic heterocycles. The van der Waals surface area contributed by atoms with Crippen LogP contribution in [0.5, 0.6) is 11.5 Å². The van der Waals surface area contributed by atoms with Gasteiger partial charge in [-0.2, -0.15) is 0 Å². The molecule has 0 unspecified atom stereocenters. The molecule has 0 radical (unpaired) electrons. The maximum atomic E-state index is 12.5. The number of Topliss-reactive ketones (excluding diaryl/α,β-unsaturated/α-hetero) is 1. The van der Waals surface area contributed by atoms with Crippen molar-refractivity contribution in [1.29, 1.82) is 0 Å². The number of hydrogen-bond donors (Lipinski definition) is 0. The SMILES string of the molecule is CC1(C)CC(=O)c2ccc(OCC(=O)N3CCc4sccc4C3)cc2O1. The molecule has 3 heterocycles. The standard InChI is InChI=1S/C20H21NO4S/c1-20(2)10-16(22)15-4-3-14(9-17(15)25-20)24-12-19(23)21-7-5-18-13(11-21)6-8-26-18/h3-4,6,8-9H,5,7,10-12H2,1-2H3. The Bertz CT molecular complexity index is 870. The Kier molecular flexibility index (Phi) is 4.23. The monoisotopic (exact) mass is 371 g/mol. The molecule has 0 fully saturated rings. The van der Waals surface area contributed by atoms with Crippen LogP contribution in [0, 0.1) is 0 Å². The first-order valence-electron chi connectivity index (χ1n) is 8.73. The van der Waals surface area contributed by atoms with Gasteiger partial charge in [0, 0.05) is 24.0 Å². The molecule has 0 atom stereocenters. The van der Waals surface area contributed by atoms with Crippen molar-refractivity contribution in [3.8, 4) is 11.5 Å². The van der Waals surface area contributed by atoms with Crippen LogP contribution in [0.15, 0.2) is 29.6 Å². The summed E-state index contributed by atoms with van der Waals surface area (Å²) in [5.41, 5.74) is 1.28. The molecule has 0 bridgehead atoms. The second-order valence-electron chi connectivity index (χ2n) is 7.34. The molecule has 0 saturated carbocycles. The first kappa shape index (κ1) is 17.1. The Hall–Kier alpha value is -2.34. The molecule has 4 rings (SSSR count). The third-order valence-corrected chi connectivity index (χ3v) is 5.77. The molecule has 1 aromatic carbocycles. The van der Waals surface area contributed by atoms with E-state index >= 15 is 0 Å². The summed E-state index contributed by atoms with van der Waals surface area (Å²) in [7, 11) is 0. The van der Waals surface area contributed by atoms with Crippen molar-refractivity contribution in [2.75, 3.05) is 13.2 Å². The Balaban J connectivity index is 1.41. The van der Waals surface area contributed by atoms with Crippen LogP contribution < -0.4 is 9.47 Å². The summed E-state index contributed by atoms with van der Waals surface area (Å²) < 4.78 is 11.6. The highest BCUT2D eigenvalue weighted by atomic mass is 32.1. The lowest BCUT2D eigenvalue weighted by atomic mass is 9.93. The second kappa shape index (κ2) is 6.43. The lowest BCUT2D eigenvalue weighted by molar-refractivity contribution is -0.134. The van der Waals surface area contributed by atoms with Crippen LogP contribution in [0.2, 0.25) is 0 Å². The van der Waals surface area contributed by atoms with Crippen molar-refractivity contribution in [2.45, 2.75) is 38.8 Å². The summed E-state index contributed by atoms with van der Waals surface area (Å²) in [4.78, 5) is 27.8. The first-order valence-corrected chi connectivity index (χ1v) is 9.61. The fraction of sp³-hybridized carbons (Fsp3) is 0.400. The first-order chi connectivity index (χ1) is 12.4. The largest absolute Gasteiger partial charge is 0.486 e. The Morgan fingerprint density at radius 2 is 2.19 bits per heavy atom. The molecule has 1 aromatic heterocycles. The average molecular weight is 371 g/mol. The number of fused-ring (bicyclic) bond motifs is 2. The lowest BCUT2D eigenvalue weighted by Gasteiger charge is -2.31. The smallest absolute Gasteiger partial charge is 0.260 e. The number of thiophene rings is 1. The van der Waals surface area contributed by atoms with Crippen LogP contribution in [0.4, 0.5) is 0 Å². The van der Waals surface area contributed by atoms with Gasteiger partial charge < -0.3 is 14.4 Å². The molecule has 5 nitrogen and oxygen atoms in total. The van der Waals surface area contributed by atoms with Crippen LogP contribution in [0.3, 0.4) is 0 Å². The van der Waals surface area contributed by atoms with Crippen LogP contribution >= 0.6 is 11.3 Å². The predicted octanol–water partition coefficient (Wildman–Crippen LogP) is 3.46. The maximum absolute atomic E-state index is 12.5. The number of benzene rings is 1. The highest BCUT2D eigenvalue weighted by Gasteiger charge is 2.32. The van der Waals surface area contributed by atoms with Crippen LogP contribution in [-0.2, 0) is 17.8 Å². The molecule has 26 heavy (non-hydrogen) atoms. The summed E-state index contributed by atoms with van der Waals surface area (Å²) in [6.45, 7) is 5.14. The zero-order valence-electron chi connectivity index (χ0n) is 14.9. The third-order valence-electron chi connectivity index (χ3n) is 4.75. The van der Waals surface area contributed by atoms with E-state index in [1.807, 2.05) is 18.7 Å². The van der Waals surface area contributed by atoms with E-state index in [0.717, 1.165) is 13.0 Å². The third kappa shape index (κ3) is 3.33. The van der Waals surface area contributed by atoms with E-state index in [2.05, 4.69) is 11.4 Å². The lowest BCUT2D eigenvalue weighted by Crippen LogP contribution is -2.38. The highest BCUT2D eigenvalue weighted by Crippen LogP contribution is 2.35. The number of amides is 1. The molecule has 0 N–H and O–H groups in total. The van der Waals surface area contributed by atoms with Gasteiger partial charge in [0.25, 0.3) is 5.91 Å². The van der Waals surface area contributed by atoms with Crippen LogP contribution in [0.1, 0.15) is 41.1 Å². The molecular formula is C20H21NO4S. The molecule has 136 valence electrons. The van der Waals surface area contributed by atoms with Crippen molar-refractivity contribution in [3.63, 3.8) is 0 Å². The number of carbonyl (C=O) groups excluding carboxylic acids is 2. The van der Waals surface area contributed by atoms with Gasteiger partial charge in [-0.25, -0.2) is 0 Å². The van der Waals surface area contributed by atoms with Crippen molar-refractivity contribution >= 4 is 23.0 Å². The minimum absolute atomic E-state index is 0.0183. The molecule has 0 saturated heterocycles. The summed E-state index contributed by atoms with van der Waals surface area (Å²) in [5, 5.41) is 2.07. The van der Waals surface area contributed by atoms with E-state index < -0.39 is 5.60 Å². The van der Waals surface area contributed by atoms with Crippen molar-refractivity contribution in [2.24, 2.45) is 0 Å². The summed E-state index contributed by atoms with van der Waals surface area (Å²) in [6.07, 6.45) is 1.26. The van der Waals surface area contributed by atoms with Gasteiger partial charge in [-0.1, -0.05) is 0 Å². The normalized spacial score (nSPS) is 17.9. The van der Waals surface area contributed by atoms with Gasteiger partial charge in [0.05, 0.1) is 12.0 Å². The fourth-order valence-electron chi connectivity index (χ4n) is 3.42. The number of rotatable bonds is 3. The van der Waals surface area contributed by atoms with Gasteiger partial charge in [-0.3, -0.25) is 9.59 Å². The summed E-state index contributed by atoms with van der Waals surface area (Å²) in [6, 6.07) is 7.22. The minimum atomic E-state index is -0.523. The molecule has 2 aliphatic rings. The average Bonchev–Trinajstić information content (AvgIpc) is 3.05. The van der Waals surface area contributed by atoms with Gasteiger partial charge in [0.15, 0.2) is 12.4 Å². The molecule has 1 amide bonds. The predicted molar refractivity (Wildman–Crippen MR) is 99.0 cm³/mol. The van der Waals surface area contributed by atoms with E-state index in [0.29, 0.717) is 30.0 Å². The molecule has 0 aliphatic carbocycles. The van der Waals surface area contributed by atoms with E-state index in [1.54, 1.807) is 29.5 Å². The molecular weight excluding hydrogens is 350 g/mol. The zero-order valence-corrected chi connectivity index (χ0v) is 15.7. The number of carbonyl (C=O) groups is 2. The summed E-state index contributed by atoms with van der Waals surface area (Å²) >= 11 is 1.75. The van der Waals surface area contributed by atoms with Gasteiger partial charge in [0.1, 0.15) is 17.1 Å². The number of nitrogens with zero attached hydrogens (tertiary/aromatic N) is 1. The van der Waals surface area contributed by atoms with Crippen molar-refractivity contribution in [3.05, 3.63) is 45.6 Å². The topological polar surface area (TPSA) is 55.8 Å². The van der Waals surface area contributed by atoms with Crippen molar-refractivity contribution < 1.29 is 19.1 Å². The van der Waals surface area contributed by atoms with E-state index in [-0.39, 0.29) is 18.3 Å². The highest BCUT2D eigenvalue weighted by molar-refractivity contribution is 7.10. The zero-order chi connectivity index (χ0) is 18.3. The maximum Gasteiger partial charge on any atom is 0.260 e. The Labute approximate surface area is 156 Å². The molecule has 0 spiro atoms. The van der Waals surface area contributed by atoms with Gasteiger partial charge in [0.2, 0.25) is 0 Å². The number of hydrogen-bond acceptors (Lipinski definition) is 5. The fourth-order valence-corrected chi connectivity index (χ4v) is 4.31.